The molecule has 6 nitrogen and oxygen atoms in total. The predicted octanol–water partition coefficient (Wildman–Crippen LogP) is 3.30. The lowest BCUT2D eigenvalue weighted by Crippen LogP contribution is -2.12. The zero-order valence-corrected chi connectivity index (χ0v) is 12.8. The molecule has 0 radical (unpaired) electrons. The van der Waals surface area contributed by atoms with Gasteiger partial charge in [-0.2, -0.15) is 0 Å². The smallest absolute Gasteiger partial charge is 0.343 e. The van der Waals surface area contributed by atoms with Crippen molar-refractivity contribution in [3.63, 3.8) is 0 Å². The van der Waals surface area contributed by atoms with Gasteiger partial charge in [0.15, 0.2) is 11.5 Å². The number of aromatic hydroxyl groups is 1. The van der Waals surface area contributed by atoms with Gasteiger partial charge in [0.05, 0.1) is 5.56 Å². The highest BCUT2D eigenvalue weighted by atomic mass is 16.5. The first-order chi connectivity index (χ1) is 10.9. The van der Waals surface area contributed by atoms with Crippen LogP contribution >= 0.6 is 0 Å². The molecule has 0 saturated heterocycles. The summed E-state index contributed by atoms with van der Waals surface area (Å²) in [4.78, 5) is 23.2. The van der Waals surface area contributed by atoms with Crippen LogP contribution in [-0.2, 0) is 4.79 Å². The summed E-state index contributed by atoms with van der Waals surface area (Å²) in [5.41, 5.74) is 0.635. The van der Waals surface area contributed by atoms with Crippen LogP contribution in [0, 0.1) is 13.8 Å². The number of hydrogen-bond acceptors (Lipinski definition) is 6. The van der Waals surface area contributed by atoms with E-state index in [-0.39, 0.29) is 22.8 Å². The molecule has 0 unspecified atom stereocenters. The molecule has 0 fully saturated rings. The predicted molar refractivity (Wildman–Crippen MR) is 82.6 cm³/mol. The van der Waals surface area contributed by atoms with Crippen molar-refractivity contribution in [1.29, 1.82) is 0 Å². The van der Waals surface area contributed by atoms with Crippen LogP contribution in [0.5, 0.6) is 11.5 Å². The van der Waals surface area contributed by atoms with E-state index in [1.807, 2.05) is 0 Å². The summed E-state index contributed by atoms with van der Waals surface area (Å²) in [5.74, 6) is 0.253. The van der Waals surface area contributed by atoms with E-state index < -0.39 is 11.6 Å². The Morgan fingerprint density at radius 3 is 2.57 bits per heavy atom. The Balaban J connectivity index is 2.23. The molecule has 1 N–H and O–H groups in total. The van der Waals surface area contributed by atoms with Crippen molar-refractivity contribution >= 4 is 16.9 Å². The zero-order valence-electron chi connectivity index (χ0n) is 12.8. The molecule has 0 aliphatic heterocycles. The van der Waals surface area contributed by atoms with Gasteiger partial charge in [0, 0.05) is 17.9 Å². The number of rotatable bonds is 2. The fourth-order valence-corrected chi connectivity index (χ4v) is 2.40. The van der Waals surface area contributed by atoms with Crippen molar-refractivity contribution in [3.8, 4) is 23.0 Å². The minimum Gasteiger partial charge on any atom is -0.508 e. The van der Waals surface area contributed by atoms with Gasteiger partial charge in [0.1, 0.15) is 17.1 Å². The number of hydrogen-bond donors (Lipinski definition) is 1. The molecule has 0 atom stereocenters. The monoisotopic (exact) mass is 314 g/mol. The number of phenolic OH excluding ortho intramolecular Hbond substituents is 1. The third-order valence-electron chi connectivity index (χ3n) is 3.49. The summed E-state index contributed by atoms with van der Waals surface area (Å²) in [7, 11) is 0. The number of carbonyl (C=O) groups is 1. The highest BCUT2D eigenvalue weighted by Gasteiger charge is 2.20. The zero-order chi connectivity index (χ0) is 16.7. The average molecular weight is 314 g/mol. The summed E-state index contributed by atoms with van der Waals surface area (Å²) in [5, 5.41) is 10.2. The molecule has 2 heterocycles. The van der Waals surface area contributed by atoms with Gasteiger partial charge >= 0.3 is 11.6 Å². The van der Waals surface area contributed by atoms with Crippen LogP contribution in [0.3, 0.4) is 0 Å². The van der Waals surface area contributed by atoms with E-state index in [2.05, 4.69) is 0 Å². The van der Waals surface area contributed by atoms with Crippen LogP contribution in [-0.4, -0.2) is 11.1 Å². The van der Waals surface area contributed by atoms with Crippen LogP contribution in [0.15, 0.2) is 37.9 Å². The number of carbonyl (C=O) groups excluding carboxylic acids is 1. The molecular weight excluding hydrogens is 300 g/mol. The maximum atomic E-state index is 12.0. The standard InChI is InChI=1S/C17H14O6/c1-8-15(21-10(3)18)9(2)17(20)23-16(8)14-7-11-6-12(19)4-5-13(11)22-14/h4-7,19H,1-3H3. The van der Waals surface area contributed by atoms with E-state index in [1.54, 1.807) is 19.1 Å². The first-order valence-corrected chi connectivity index (χ1v) is 6.92. The Bertz CT molecular complexity index is 977. The van der Waals surface area contributed by atoms with E-state index in [0.29, 0.717) is 22.3 Å². The SMILES string of the molecule is CC(=O)Oc1c(C)c(-c2cc3cc(O)ccc3o2)oc(=O)c1C. The van der Waals surface area contributed by atoms with Gasteiger partial charge < -0.3 is 18.7 Å². The third kappa shape index (κ3) is 2.59. The molecule has 118 valence electrons. The van der Waals surface area contributed by atoms with Crippen molar-refractivity contribution < 1.29 is 23.5 Å². The fourth-order valence-electron chi connectivity index (χ4n) is 2.40. The molecule has 2 aromatic heterocycles. The number of benzene rings is 1. The van der Waals surface area contributed by atoms with Gasteiger partial charge in [0.2, 0.25) is 0 Å². The van der Waals surface area contributed by atoms with Crippen LogP contribution in [0.2, 0.25) is 0 Å². The summed E-state index contributed by atoms with van der Waals surface area (Å²) < 4.78 is 16.1. The van der Waals surface area contributed by atoms with Gasteiger partial charge in [-0.15, -0.1) is 0 Å². The number of fused-ring (bicyclic) bond motifs is 1. The van der Waals surface area contributed by atoms with E-state index in [4.69, 9.17) is 13.6 Å². The lowest BCUT2D eigenvalue weighted by atomic mass is 10.1. The van der Waals surface area contributed by atoms with Gasteiger partial charge in [-0.25, -0.2) is 4.79 Å². The van der Waals surface area contributed by atoms with Crippen molar-refractivity contribution in [2.45, 2.75) is 20.8 Å². The molecule has 0 amide bonds. The molecular formula is C17H14O6. The molecule has 0 bridgehead atoms. The fraction of sp³-hybridized carbons (Fsp3) is 0.176. The second kappa shape index (κ2) is 5.31. The Morgan fingerprint density at radius 1 is 1.13 bits per heavy atom. The maximum absolute atomic E-state index is 12.0. The number of furan rings is 1. The van der Waals surface area contributed by atoms with E-state index in [9.17, 15) is 14.7 Å². The quantitative estimate of drug-likeness (QED) is 0.730. The third-order valence-corrected chi connectivity index (χ3v) is 3.49. The van der Waals surface area contributed by atoms with Crippen molar-refractivity contribution in [3.05, 3.63) is 45.8 Å². The molecule has 0 aliphatic rings. The molecule has 3 aromatic rings. The first kappa shape index (κ1) is 14.9. The van der Waals surface area contributed by atoms with Gasteiger partial charge in [-0.3, -0.25) is 4.79 Å². The van der Waals surface area contributed by atoms with E-state index in [0.717, 1.165) is 0 Å². The highest BCUT2D eigenvalue weighted by molar-refractivity contribution is 5.84. The molecule has 0 saturated carbocycles. The highest BCUT2D eigenvalue weighted by Crippen LogP contribution is 2.35. The minimum atomic E-state index is -0.606. The first-order valence-electron chi connectivity index (χ1n) is 6.92. The van der Waals surface area contributed by atoms with Crippen molar-refractivity contribution in [2.24, 2.45) is 0 Å². The van der Waals surface area contributed by atoms with Gasteiger partial charge in [-0.1, -0.05) is 0 Å². The largest absolute Gasteiger partial charge is 0.508 e. The normalized spacial score (nSPS) is 10.9. The number of esters is 1. The van der Waals surface area contributed by atoms with Crippen LogP contribution in [0.4, 0.5) is 0 Å². The van der Waals surface area contributed by atoms with Gasteiger partial charge in [-0.05, 0) is 38.1 Å². The second-order valence-corrected chi connectivity index (χ2v) is 5.22. The molecule has 0 aliphatic carbocycles. The van der Waals surface area contributed by atoms with Crippen molar-refractivity contribution in [1.82, 2.24) is 0 Å². The molecule has 1 aromatic carbocycles. The molecule has 0 spiro atoms. The summed E-state index contributed by atoms with van der Waals surface area (Å²) in [6, 6.07) is 6.30. The molecule has 3 rings (SSSR count). The molecule has 23 heavy (non-hydrogen) atoms. The van der Waals surface area contributed by atoms with E-state index in [1.165, 1.54) is 26.0 Å². The Kier molecular flexibility index (Phi) is 3.44. The lowest BCUT2D eigenvalue weighted by molar-refractivity contribution is -0.132. The van der Waals surface area contributed by atoms with Crippen molar-refractivity contribution in [2.75, 3.05) is 0 Å². The Morgan fingerprint density at radius 2 is 1.87 bits per heavy atom. The lowest BCUT2D eigenvalue weighted by Gasteiger charge is -2.10. The number of phenols is 1. The average Bonchev–Trinajstić information content (AvgIpc) is 2.89. The summed E-state index contributed by atoms with van der Waals surface area (Å²) in [6.07, 6.45) is 0. The Labute approximate surface area is 130 Å². The second-order valence-electron chi connectivity index (χ2n) is 5.22. The van der Waals surface area contributed by atoms with Crippen LogP contribution in [0.25, 0.3) is 22.5 Å². The minimum absolute atomic E-state index is 0.104. The van der Waals surface area contributed by atoms with Gasteiger partial charge in [0.25, 0.3) is 0 Å². The van der Waals surface area contributed by atoms with Crippen LogP contribution < -0.4 is 10.4 Å². The number of ether oxygens (including phenoxy) is 1. The maximum Gasteiger partial charge on any atom is 0.343 e. The van der Waals surface area contributed by atoms with E-state index >= 15 is 0 Å². The topological polar surface area (TPSA) is 89.9 Å². The Hall–Kier alpha value is -3.02. The van der Waals surface area contributed by atoms with Crippen LogP contribution in [0.1, 0.15) is 18.1 Å². The summed E-state index contributed by atoms with van der Waals surface area (Å²) >= 11 is 0. The summed E-state index contributed by atoms with van der Waals surface area (Å²) in [6.45, 7) is 4.46. The molecule has 6 heteroatoms.